The normalized spacial score (nSPS) is 15.6. The number of para-hydroxylation sites is 1. The van der Waals surface area contributed by atoms with Crippen LogP contribution < -0.4 is 5.32 Å². The van der Waals surface area contributed by atoms with Crippen molar-refractivity contribution < 1.29 is 9.59 Å². The molecule has 0 saturated heterocycles. The number of thioether (sulfide) groups is 1. The molecule has 1 saturated carbocycles. The number of amides is 1. The Labute approximate surface area is 182 Å². The Morgan fingerprint density at radius 2 is 1.60 bits per heavy atom. The van der Waals surface area contributed by atoms with Crippen LogP contribution in [0.5, 0.6) is 0 Å². The maximum Gasteiger partial charge on any atom is 0.230 e. The van der Waals surface area contributed by atoms with Gasteiger partial charge in [-0.3, -0.25) is 9.59 Å². The van der Waals surface area contributed by atoms with Gasteiger partial charge < -0.3 is 5.32 Å². The first kappa shape index (κ1) is 20.7. The van der Waals surface area contributed by atoms with Crippen molar-refractivity contribution in [2.24, 2.45) is 5.41 Å². The van der Waals surface area contributed by atoms with E-state index in [0.29, 0.717) is 6.42 Å². The third-order valence-corrected chi connectivity index (χ3v) is 6.97. The van der Waals surface area contributed by atoms with Crippen molar-refractivity contribution in [1.82, 2.24) is 0 Å². The van der Waals surface area contributed by atoms with Gasteiger partial charge in [0.15, 0.2) is 5.12 Å². The van der Waals surface area contributed by atoms with Gasteiger partial charge in [0.05, 0.1) is 5.69 Å². The van der Waals surface area contributed by atoms with Crippen molar-refractivity contribution in [1.29, 1.82) is 0 Å². The summed E-state index contributed by atoms with van der Waals surface area (Å²) in [6.07, 6.45) is 5.62. The second-order valence-corrected chi connectivity index (χ2v) is 9.50. The van der Waals surface area contributed by atoms with E-state index >= 15 is 0 Å². The minimum absolute atomic E-state index is 0.0656. The van der Waals surface area contributed by atoms with E-state index in [1.807, 2.05) is 42.5 Å². The SMILES string of the molecule is CC1(C(=O)Nc2ccccc2SC(=O)Cc2ccc3ccccc3c2)CCCCC1. The molecule has 0 heterocycles. The van der Waals surface area contributed by atoms with Crippen LogP contribution in [0.15, 0.2) is 71.6 Å². The molecule has 0 bridgehead atoms. The predicted octanol–water partition coefficient (Wildman–Crippen LogP) is 6.61. The van der Waals surface area contributed by atoms with Crippen molar-refractivity contribution >= 4 is 39.2 Å². The molecule has 1 N–H and O–H groups in total. The Hall–Kier alpha value is -2.59. The van der Waals surface area contributed by atoms with Gasteiger partial charge in [-0.1, -0.05) is 80.8 Å². The number of anilines is 1. The number of benzene rings is 3. The maximum atomic E-state index is 12.9. The Morgan fingerprint density at radius 3 is 2.40 bits per heavy atom. The van der Waals surface area contributed by atoms with E-state index in [2.05, 4.69) is 36.5 Å². The van der Waals surface area contributed by atoms with E-state index in [0.717, 1.165) is 47.2 Å². The highest BCUT2D eigenvalue weighted by Crippen LogP contribution is 2.38. The first-order valence-corrected chi connectivity index (χ1v) is 11.4. The summed E-state index contributed by atoms with van der Waals surface area (Å²) in [6.45, 7) is 2.06. The molecule has 0 aliphatic heterocycles. The summed E-state index contributed by atoms with van der Waals surface area (Å²) in [5.41, 5.74) is 1.42. The molecule has 1 aliphatic rings. The van der Waals surface area contributed by atoms with Gasteiger partial charge in [-0.25, -0.2) is 0 Å². The highest BCUT2D eigenvalue weighted by molar-refractivity contribution is 8.13. The van der Waals surface area contributed by atoms with E-state index in [4.69, 9.17) is 0 Å². The molecule has 3 aromatic rings. The van der Waals surface area contributed by atoms with Crippen LogP contribution in [0.2, 0.25) is 0 Å². The fourth-order valence-electron chi connectivity index (χ4n) is 4.17. The zero-order chi connectivity index (χ0) is 21.0. The van der Waals surface area contributed by atoms with Crippen LogP contribution in [0.4, 0.5) is 5.69 Å². The number of hydrogen-bond acceptors (Lipinski definition) is 3. The molecule has 3 aromatic carbocycles. The molecule has 4 heteroatoms. The Balaban J connectivity index is 1.45. The van der Waals surface area contributed by atoms with E-state index in [-0.39, 0.29) is 16.4 Å². The molecule has 0 atom stereocenters. The number of carbonyl (C=O) groups excluding carboxylic acids is 2. The minimum atomic E-state index is -0.314. The Kier molecular flexibility index (Phi) is 6.24. The summed E-state index contributed by atoms with van der Waals surface area (Å²) in [5, 5.41) is 5.48. The van der Waals surface area contributed by atoms with Gasteiger partial charge in [-0.15, -0.1) is 0 Å². The standard InChI is InChI=1S/C26H27NO2S/c1-26(15-7-2-8-16-26)25(29)27-22-11-5-6-12-23(22)30-24(28)18-19-13-14-20-9-3-4-10-21(20)17-19/h3-6,9-14,17H,2,7-8,15-16,18H2,1H3,(H,27,29). The van der Waals surface area contributed by atoms with Crippen LogP contribution in [0.25, 0.3) is 10.8 Å². The van der Waals surface area contributed by atoms with Crippen molar-refractivity contribution in [2.75, 3.05) is 5.32 Å². The zero-order valence-corrected chi connectivity index (χ0v) is 18.1. The topological polar surface area (TPSA) is 46.2 Å². The molecule has 0 spiro atoms. The van der Waals surface area contributed by atoms with Crippen molar-refractivity contribution in [3.8, 4) is 0 Å². The Morgan fingerprint density at radius 1 is 0.900 bits per heavy atom. The summed E-state index contributed by atoms with van der Waals surface area (Å²) in [6, 6.07) is 21.9. The summed E-state index contributed by atoms with van der Waals surface area (Å²) < 4.78 is 0. The lowest BCUT2D eigenvalue weighted by atomic mass is 9.75. The molecule has 1 fully saturated rings. The van der Waals surface area contributed by atoms with Crippen LogP contribution in [-0.4, -0.2) is 11.0 Å². The average molecular weight is 418 g/mol. The fraction of sp³-hybridized carbons (Fsp3) is 0.308. The Bertz CT molecular complexity index is 1070. The van der Waals surface area contributed by atoms with Gasteiger partial charge in [-0.2, -0.15) is 0 Å². The molecule has 154 valence electrons. The molecule has 1 aliphatic carbocycles. The molecule has 0 radical (unpaired) electrons. The number of hydrogen-bond donors (Lipinski definition) is 1. The number of carbonyl (C=O) groups is 2. The van der Waals surface area contributed by atoms with Gasteiger partial charge in [0.1, 0.15) is 0 Å². The first-order valence-electron chi connectivity index (χ1n) is 10.6. The van der Waals surface area contributed by atoms with Crippen LogP contribution in [0.3, 0.4) is 0 Å². The smallest absolute Gasteiger partial charge is 0.230 e. The second kappa shape index (κ2) is 9.05. The van der Waals surface area contributed by atoms with Crippen LogP contribution in [0, 0.1) is 5.41 Å². The van der Waals surface area contributed by atoms with Gasteiger partial charge in [0, 0.05) is 16.7 Å². The molecule has 0 aromatic heterocycles. The predicted molar refractivity (Wildman–Crippen MR) is 125 cm³/mol. The van der Waals surface area contributed by atoms with Crippen LogP contribution >= 0.6 is 11.8 Å². The molecule has 4 rings (SSSR count). The summed E-state index contributed by atoms with van der Waals surface area (Å²) in [5.74, 6) is 0.0669. The highest BCUT2D eigenvalue weighted by atomic mass is 32.2. The molecule has 1 amide bonds. The molecule has 3 nitrogen and oxygen atoms in total. The zero-order valence-electron chi connectivity index (χ0n) is 17.3. The third kappa shape index (κ3) is 4.76. The second-order valence-electron chi connectivity index (χ2n) is 8.40. The van der Waals surface area contributed by atoms with Gasteiger partial charge >= 0.3 is 0 Å². The lowest BCUT2D eigenvalue weighted by molar-refractivity contribution is -0.126. The fourth-order valence-corrected chi connectivity index (χ4v) is 5.03. The van der Waals surface area contributed by atoms with E-state index in [1.165, 1.54) is 23.6 Å². The highest BCUT2D eigenvalue weighted by Gasteiger charge is 2.34. The van der Waals surface area contributed by atoms with Crippen molar-refractivity contribution in [3.05, 3.63) is 72.3 Å². The number of nitrogens with one attached hydrogen (secondary N) is 1. The summed E-state index contributed by atoms with van der Waals surface area (Å²) in [7, 11) is 0. The lowest BCUT2D eigenvalue weighted by Crippen LogP contribution is -2.35. The van der Waals surface area contributed by atoms with Crippen molar-refractivity contribution in [3.63, 3.8) is 0 Å². The van der Waals surface area contributed by atoms with Crippen LogP contribution in [-0.2, 0) is 16.0 Å². The van der Waals surface area contributed by atoms with Gasteiger partial charge in [0.2, 0.25) is 5.91 Å². The lowest BCUT2D eigenvalue weighted by Gasteiger charge is -2.32. The van der Waals surface area contributed by atoms with E-state index in [9.17, 15) is 9.59 Å². The van der Waals surface area contributed by atoms with E-state index < -0.39 is 0 Å². The van der Waals surface area contributed by atoms with Crippen molar-refractivity contribution in [2.45, 2.75) is 50.3 Å². The number of fused-ring (bicyclic) bond motifs is 1. The summed E-state index contributed by atoms with van der Waals surface area (Å²) >= 11 is 1.20. The minimum Gasteiger partial charge on any atom is -0.325 e. The first-order chi connectivity index (χ1) is 14.5. The third-order valence-electron chi connectivity index (χ3n) is 6.03. The average Bonchev–Trinajstić information content (AvgIpc) is 2.75. The largest absolute Gasteiger partial charge is 0.325 e. The maximum absolute atomic E-state index is 12.9. The van der Waals surface area contributed by atoms with E-state index in [1.54, 1.807) is 0 Å². The molecule has 30 heavy (non-hydrogen) atoms. The van der Waals surface area contributed by atoms with Gasteiger partial charge in [-0.05, 0) is 53.1 Å². The molecule has 0 unspecified atom stereocenters. The number of rotatable bonds is 5. The van der Waals surface area contributed by atoms with Gasteiger partial charge in [0.25, 0.3) is 0 Å². The summed E-state index contributed by atoms with van der Waals surface area (Å²) in [4.78, 5) is 26.5. The van der Waals surface area contributed by atoms with Crippen LogP contribution in [0.1, 0.15) is 44.6 Å². The molecular weight excluding hydrogens is 390 g/mol. The quantitative estimate of drug-likeness (QED) is 0.475. The molecular formula is C26H27NO2S. The monoisotopic (exact) mass is 417 g/mol.